The summed E-state index contributed by atoms with van der Waals surface area (Å²) in [6.45, 7) is 0. The minimum atomic E-state index is -0.319. The average molecular weight is 293 g/mol. The molecule has 0 fully saturated rings. The molecule has 0 radical (unpaired) electrons. The molecule has 0 aliphatic carbocycles. The molecule has 0 amide bonds. The first-order valence-electron chi connectivity index (χ1n) is 6.41. The van der Waals surface area contributed by atoms with Crippen molar-refractivity contribution in [3.8, 4) is 17.2 Å². The highest BCUT2D eigenvalue weighted by molar-refractivity contribution is 5.79. The number of benzene rings is 1. The molecule has 106 valence electrons. The first kappa shape index (κ1) is 12.5. The highest BCUT2D eigenvalue weighted by Crippen LogP contribution is 2.21. The van der Waals surface area contributed by atoms with Gasteiger partial charge in [0.15, 0.2) is 22.8 Å². The molecule has 3 heterocycles. The van der Waals surface area contributed by atoms with E-state index in [-0.39, 0.29) is 5.82 Å². The van der Waals surface area contributed by atoms with Gasteiger partial charge in [-0.1, -0.05) is 0 Å². The maximum Gasteiger partial charge on any atom is 0.187 e. The van der Waals surface area contributed by atoms with Gasteiger partial charge in [-0.2, -0.15) is 5.10 Å². The van der Waals surface area contributed by atoms with Crippen molar-refractivity contribution in [2.45, 2.75) is 0 Å². The van der Waals surface area contributed by atoms with Crippen LogP contribution in [0.2, 0.25) is 0 Å². The third-order valence-corrected chi connectivity index (χ3v) is 3.05. The van der Waals surface area contributed by atoms with E-state index in [1.807, 2.05) is 0 Å². The summed E-state index contributed by atoms with van der Waals surface area (Å²) in [5.74, 6) is 0.564. The summed E-state index contributed by atoms with van der Waals surface area (Å²) in [6, 6.07) is 5.93. The normalized spacial score (nSPS) is 11.0. The Kier molecular flexibility index (Phi) is 2.78. The van der Waals surface area contributed by atoms with Gasteiger partial charge in [-0.15, -0.1) is 0 Å². The lowest BCUT2D eigenvalue weighted by atomic mass is 10.2. The highest BCUT2D eigenvalue weighted by atomic mass is 19.1. The predicted octanol–water partition coefficient (Wildman–Crippen LogP) is 1.81. The van der Waals surface area contributed by atoms with E-state index in [0.29, 0.717) is 28.4 Å². The van der Waals surface area contributed by atoms with Gasteiger partial charge in [0.1, 0.15) is 18.5 Å². The van der Waals surface area contributed by atoms with Crippen LogP contribution in [-0.4, -0.2) is 34.7 Å². The van der Waals surface area contributed by atoms with Crippen molar-refractivity contribution in [1.29, 1.82) is 0 Å². The lowest BCUT2D eigenvalue weighted by Crippen LogP contribution is -2.05. The lowest BCUT2D eigenvalue weighted by Gasteiger charge is -2.06. The Morgan fingerprint density at radius 1 is 0.955 bits per heavy atom. The Morgan fingerprint density at radius 2 is 1.77 bits per heavy atom. The Bertz CT molecular complexity index is 935. The monoisotopic (exact) mass is 293 g/mol. The predicted molar refractivity (Wildman–Crippen MR) is 75.4 cm³/mol. The van der Waals surface area contributed by atoms with Gasteiger partial charge in [0.05, 0.1) is 0 Å². The van der Waals surface area contributed by atoms with E-state index < -0.39 is 0 Å². The zero-order chi connectivity index (χ0) is 14.9. The maximum absolute atomic E-state index is 13.1. The highest BCUT2D eigenvalue weighted by Gasteiger charge is 2.13. The quantitative estimate of drug-likeness (QED) is 0.560. The summed E-state index contributed by atoms with van der Waals surface area (Å²) in [5, 5.41) is 4.07. The zero-order valence-corrected chi connectivity index (χ0v) is 11.1. The van der Waals surface area contributed by atoms with E-state index in [4.69, 9.17) is 0 Å². The van der Waals surface area contributed by atoms with Crippen LogP contribution in [0.15, 0.2) is 49.3 Å². The smallest absolute Gasteiger partial charge is 0.187 e. The van der Waals surface area contributed by atoms with E-state index in [1.165, 1.54) is 29.5 Å². The molecule has 1 aromatic carbocycles. The molecule has 0 unspecified atom stereocenters. The van der Waals surface area contributed by atoms with Crippen LogP contribution in [0, 0.1) is 5.82 Å². The summed E-state index contributed by atoms with van der Waals surface area (Å²) >= 11 is 0. The van der Waals surface area contributed by atoms with Crippen LogP contribution in [0.5, 0.6) is 0 Å². The van der Waals surface area contributed by atoms with E-state index in [9.17, 15) is 4.39 Å². The van der Waals surface area contributed by atoms with Gasteiger partial charge in [-0.25, -0.2) is 34.0 Å². The third-order valence-electron chi connectivity index (χ3n) is 3.05. The molecular formula is C14H8FN7. The molecular weight excluding hydrogens is 285 g/mol. The number of hydrogen-bond donors (Lipinski definition) is 0. The largest absolute Gasteiger partial charge is 0.247 e. The molecule has 0 spiro atoms. The SMILES string of the molecule is Fc1ccc(-c2nc(-n3cncn3)c3nccnc3n2)cc1. The summed E-state index contributed by atoms with van der Waals surface area (Å²) in [5.41, 5.74) is 1.62. The number of fused-ring (bicyclic) bond motifs is 1. The molecule has 0 aliphatic rings. The summed E-state index contributed by atoms with van der Waals surface area (Å²) in [4.78, 5) is 21.2. The molecule has 8 heteroatoms. The van der Waals surface area contributed by atoms with Crippen molar-refractivity contribution in [3.05, 3.63) is 55.1 Å². The Hall–Kier alpha value is -3.29. The van der Waals surface area contributed by atoms with Crippen molar-refractivity contribution in [2.75, 3.05) is 0 Å². The molecule has 0 saturated carbocycles. The molecule has 3 aromatic heterocycles. The minimum Gasteiger partial charge on any atom is -0.247 e. The molecule has 0 aliphatic heterocycles. The lowest BCUT2D eigenvalue weighted by molar-refractivity contribution is 0.628. The standard InChI is InChI=1S/C14H8FN7/c15-10-3-1-9(2-4-10)12-20-13-11(17-5-6-18-13)14(21-12)22-8-16-7-19-22/h1-8H. The van der Waals surface area contributed by atoms with Crippen molar-refractivity contribution in [1.82, 2.24) is 34.7 Å². The number of aromatic nitrogens is 7. The van der Waals surface area contributed by atoms with Gasteiger partial charge in [0.2, 0.25) is 0 Å². The Balaban J connectivity index is 1.99. The number of nitrogens with zero attached hydrogens (tertiary/aromatic N) is 7. The second-order valence-corrected chi connectivity index (χ2v) is 4.45. The first-order chi connectivity index (χ1) is 10.8. The summed E-state index contributed by atoms with van der Waals surface area (Å²) in [7, 11) is 0. The van der Waals surface area contributed by atoms with Crippen molar-refractivity contribution in [3.63, 3.8) is 0 Å². The van der Waals surface area contributed by atoms with Gasteiger partial charge >= 0.3 is 0 Å². The Morgan fingerprint density at radius 3 is 2.55 bits per heavy atom. The molecule has 7 nitrogen and oxygen atoms in total. The van der Waals surface area contributed by atoms with Crippen molar-refractivity contribution >= 4 is 11.2 Å². The number of hydrogen-bond acceptors (Lipinski definition) is 6. The van der Waals surface area contributed by atoms with Crippen LogP contribution in [-0.2, 0) is 0 Å². The number of rotatable bonds is 2. The van der Waals surface area contributed by atoms with Crippen LogP contribution in [0.3, 0.4) is 0 Å². The fourth-order valence-corrected chi connectivity index (χ4v) is 2.05. The van der Waals surface area contributed by atoms with Gasteiger partial charge in [-0.05, 0) is 24.3 Å². The van der Waals surface area contributed by atoms with Crippen molar-refractivity contribution < 1.29 is 4.39 Å². The summed E-state index contributed by atoms with van der Waals surface area (Å²) < 4.78 is 14.6. The van der Waals surface area contributed by atoms with Crippen LogP contribution in [0.4, 0.5) is 4.39 Å². The summed E-state index contributed by atoms with van der Waals surface area (Å²) in [6.07, 6.45) is 6.03. The topological polar surface area (TPSA) is 82.3 Å². The van der Waals surface area contributed by atoms with E-state index in [2.05, 4.69) is 30.0 Å². The van der Waals surface area contributed by atoms with E-state index >= 15 is 0 Å². The molecule has 0 atom stereocenters. The van der Waals surface area contributed by atoms with Crippen molar-refractivity contribution in [2.24, 2.45) is 0 Å². The minimum absolute atomic E-state index is 0.319. The molecule has 0 N–H and O–H groups in total. The molecule has 0 saturated heterocycles. The van der Waals surface area contributed by atoms with Gasteiger partial charge in [0, 0.05) is 18.0 Å². The Labute approximate surface area is 123 Å². The second kappa shape index (κ2) is 4.92. The molecule has 4 aromatic rings. The van der Waals surface area contributed by atoms with E-state index in [1.54, 1.807) is 24.5 Å². The fourth-order valence-electron chi connectivity index (χ4n) is 2.05. The third kappa shape index (κ3) is 2.06. The van der Waals surface area contributed by atoms with Gasteiger partial charge in [-0.3, -0.25) is 0 Å². The fraction of sp³-hybridized carbons (Fsp3) is 0. The molecule has 0 bridgehead atoms. The van der Waals surface area contributed by atoms with Crippen LogP contribution >= 0.6 is 0 Å². The first-order valence-corrected chi connectivity index (χ1v) is 6.41. The van der Waals surface area contributed by atoms with Crippen LogP contribution < -0.4 is 0 Å². The van der Waals surface area contributed by atoms with Crippen LogP contribution in [0.25, 0.3) is 28.4 Å². The maximum atomic E-state index is 13.1. The molecule has 4 rings (SSSR count). The van der Waals surface area contributed by atoms with Gasteiger partial charge in [0.25, 0.3) is 0 Å². The average Bonchev–Trinajstić information content (AvgIpc) is 3.09. The second-order valence-electron chi connectivity index (χ2n) is 4.45. The zero-order valence-electron chi connectivity index (χ0n) is 11.1. The molecule has 22 heavy (non-hydrogen) atoms. The van der Waals surface area contributed by atoms with Gasteiger partial charge < -0.3 is 0 Å². The van der Waals surface area contributed by atoms with Crippen LogP contribution in [0.1, 0.15) is 0 Å². The number of halogens is 1. The van der Waals surface area contributed by atoms with E-state index in [0.717, 1.165) is 0 Å².